The van der Waals surface area contributed by atoms with Crippen LogP contribution in [0.4, 0.5) is 5.69 Å². The molecule has 1 aliphatic carbocycles. The lowest BCUT2D eigenvalue weighted by Crippen LogP contribution is -2.19. The van der Waals surface area contributed by atoms with E-state index in [1.165, 1.54) is 19.3 Å². The average molecular weight is 308 g/mol. The van der Waals surface area contributed by atoms with Crippen LogP contribution in [0.15, 0.2) is 22.7 Å². The normalized spacial score (nSPS) is 15.6. The second-order valence-corrected chi connectivity index (χ2v) is 5.58. The molecule has 1 fully saturated rings. The number of anilines is 1. The van der Waals surface area contributed by atoms with Crippen molar-refractivity contribution in [3.63, 3.8) is 0 Å². The number of nitrogens with two attached hydrogens (primary N) is 1. The monoisotopic (exact) mass is 307 g/mol. The number of benzene rings is 1. The molecule has 0 radical (unpaired) electrons. The molecular weight excluding hydrogens is 294 g/mol. The molecule has 0 aliphatic heterocycles. The molecule has 18 heavy (non-hydrogen) atoms. The number of hydrogen-bond acceptors (Lipinski definition) is 4. The first-order valence-corrected chi connectivity index (χ1v) is 6.85. The summed E-state index contributed by atoms with van der Waals surface area (Å²) < 4.78 is 2.84. The van der Waals surface area contributed by atoms with Crippen LogP contribution in [0.5, 0.6) is 0 Å². The molecule has 2 aromatic rings. The van der Waals surface area contributed by atoms with E-state index in [2.05, 4.69) is 31.5 Å². The Balaban J connectivity index is 1.95. The van der Waals surface area contributed by atoms with Crippen molar-refractivity contribution in [2.45, 2.75) is 25.8 Å². The highest BCUT2D eigenvalue weighted by molar-refractivity contribution is 9.10. The number of hydrogen-bond donors (Lipinski definition) is 1. The van der Waals surface area contributed by atoms with Crippen LogP contribution in [0.2, 0.25) is 0 Å². The summed E-state index contributed by atoms with van der Waals surface area (Å²) in [5, 5.41) is 12.0. The highest BCUT2D eigenvalue weighted by Gasteiger charge is 2.21. The quantitative estimate of drug-likeness (QED) is 0.884. The third-order valence-corrected chi connectivity index (χ3v) is 4.11. The topological polar surface area (TPSA) is 69.6 Å². The number of rotatable bonds is 3. The highest BCUT2D eigenvalue weighted by atomic mass is 79.9. The summed E-state index contributed by atoms with van der Waals surface area (Å²) >= 11 is 3.52. The Morgan fingerprint density at radius 3 is 2.94 bits per heavy atom. The van der Waals surface area contributed by atoms with Gasteiger partial charge in [0.05, 0.1) is 0 Å². The minimum Gasteiger partial charge on any atom is -0.399 e. The van der Waals surface area contributed by atoms with Crippen molar-refractivity contribution in [1.82, 2.24) is 20.2 Å². The Morgan fingerprint density at radius 2 is 2.22 bits per heavy atom. The second-order valence-electron chi connectivity index (χ2n) is 4.72. The van der Waals surface area contributed by atoms with Crippen LogP contribution < -0.4 is 5.73 Å². The maximum absolute atomic E-state index is 5.82. The largest absolute Gasteiger partial charge is 0.399 e. The number of halogens is 1. The Bertz CT molecular complexity index is 561. The molecule has 5 nitrogen and oxygen atoms in total. The van der Waals surface area contributed by atoms with Crippen molar-refractivity contribution < 1.29 is 0 Å². The third kappa shape index (κ3) is 2.12. The van der Waals surface area contributed by atoms with Gasteiger partial charge < -0.3 is 5.73 Å². The summed E-state index contributed by atoms with van der Waals surface area (Å²) in [5.74, 6) is 1.49. The van der Waals surface area contributed by atoms with Gasteiger partial charge in [-0.2, -0.15) is 0 Å². The molecular formula is C12H14BrN5. The fourth-order valence-electron chi connectivity index (χ4n) is 2.15. The molecule has 0 saturated heterocycles. The minimum absolute atomic E-state index is 0.714. The first-order valence-electron chi connectivity index (χ1n) is 6.05. The molecule has 0 spiro atoms. The van der Waals surface area contributed by atoms with Crippen molar-refractivity contribution in [2.24, 2.45) is 5.92 Å². The molecule has 94 valence electrons. The summed E-state index contributed by atoms with van der Waals surface area (Å²) in [4.78, 5) is 0. The molecule has 6 heteroatoms. The van der Waals surface area contributed by atoms with Crippen molar-refractivity contribution >= 4 is 21.6 Å². The number of nitrogen functional groups attached to an aromatic ring is 1. The van der Waals surface area contributed by atoms with Crippen LogP contribution in [0.3, 0.4) is 0 Å². The van der Waals surface area contributed by atoms with E-state index in [-0.39, 0.29) is 0 Å². The van der Waals surface area contributed by atoms with E-state index in [1.54, 1.807) is 0 Å². The van der Waals surface area contributed by atoms with E-state index in [1.807, 2.05) is 22.9 Å². The molecule has 0 unspecified atom stereocenters. The van der Waals surface area contributed by atoms with Crippen LogP contribution in [-0.4, -0.2) is 20.2 Å². The molecule has 2 N–H and O–H groups in total. The summed E-state index contributed by atoms with van der Waals surface area (Å²) in [5.41, 5.74) is 7.48. The predicted molar refractivity (Wildman–Crippen MR) is 72.7 cm³/mol. The second kappa shape index (κ2) is 4.68. The van der Waals surface area contributed by atoms with Gasteiger partial charge in [0.1, 0.15) is 0 Å². The van der Waals surface area contributed by atoms with E-state index in [9.17, 15) is 0 Å². The smallest absolute Gasteiger partial charge is 0.183 e. The van der Waals surface area contributed by atoms with Crippen LogP contribution in [-0.2, 0) is 6.54 Å². The number of nitrogens with zero attached hydrogens (tertiary/aromatic N) is 4. The summed E-state index contributed by atoms with van der Waals surface area (Å²) in [7, 11) is 0. The van der Waals surface area contributed by atoms with Crippen molar-refractivity contribution in [2.75, 3.05) is 5.73 Å². The first kappa shape index (κ1) is 11.6. The summed E-state index contributed by atoms with van der Waals surface area (Å²) in [6.07, 6.45) is 3.87. The summed E-state index contributed by atoms with van der Waals surface area (Å²) in [6, 6.07) is 5.67. The maximum Gasteiger partial charge on any atom is 0.183 e. The summed E-state index contributed by atoms with van der Waals surface area (Å²) in [6.45, 7) is 0.892. The van der Waals surface area contributed by atoms with Gasteiger partial charge in [-0.3, -0.25) is 0 Å². The standard InChI is InChI=1S/C12H14BrN5/c13-11-5-4-9(14)6-10(11)12-15-16-17-18(12)7-8-2-1-3-8/h4-6,8H,1-3,7,14H2. The lowest BCUT2D eigenvalue weighted by molar-refractivity contribution is 0.265. The molecule has 0 atom stereocenters. The zero-order valence-electron chi connectivity index (χ0n) is 9.88. The van der Waals surface area contributed by atoms with E-state index in [4.69, 9.17) is 5.73 Å². The zero-order chi connectivity index (χ0) is 12.5. The first-order chi connectivity index (χ1) is 8.74. The minimum atomic E-state index is 0.714. The predicted octanol–water partition coefficient (Wildman–Crippen LogP) is 2.48. The van der Waals surface area contributed by atoms with Gasteiger partial charge in [0, 0.05) is 22.3 Å². The van der Waals surface area contributed by atoms with E-state index in [0.29, 0.717) is 11.6 Å². The molecule has 0 bridgehead atoms. The molecule has 1 aromatic carbocycles. The van der Waals surface area contributed by atoms with Gasteiger partial charge in [-0.1, -0.05) is 22.4 Å². The lowest BCUT2D eigenvalue weighted by Gasteiger charge is -2.25. The molecule has 3 rings (SSSR count). The lowest BCUT2D eigenvalue weighted by atomic mass is 9.85. The molecule has 1 aliphatic rings. The van der Waals surface area contributed by atoms with E-state index >= 15 is 0 Å². The maximum atomic E-state index is 5.82. The zero-order valence-corrected chi connectivity index (χ0v) is 11.5. The van der Waals surface area contributed by atoms with Crippen molar-refractivity contribution in [3.05, 3.63) is 22.7 Å². The fraction of sp³-hybridized carbons (Fsp3) is 0.417. The van der Waals surface area contributed by atoms with Crippen molar-refractivity contribution in [1.29, 1.82) is 0 Å². The Morgan fingerprint density at radius 1 is 1.39 bits per heavy atom. The SMILES string of the molecule is Nc1ccc(Br)c(-c2nnnn2CC2CCC2)c1. The Hall–Kier alpha value is -1.43. The van der Waals surface area contributed by atoms with Crippen LogP contribution in [0.1, 0.15) is 19.3 Å². The number of tetrazole rings is 1. The van der Waals surface area contributed by atoms with Gasteiger partial charge in [-0.15, -0.1) is 5.10 Å². The van der Waals surface area contributed by atoms with Crippen molar-refractivity contribution in [3.8, 4) is 11.4 Å². The molecule has 1 saturated carbocycles. The third-order valence-electron chi connectivity index (χ3n) is 3.42. The van der Waals surface area contributed by atoms with Gasteiger partial charge in [-0.05, 0) is 47.4 Å². The van der Waals surface area contributed by atoms with Gasteiger partial charge in [0.2, 0.25) is 0 Å². The molecule has 1 aromatic heterocycles. The Kier molecular flexibility index (Phi) is 3.03. The van der Waals surface area contributed by atoms with Crippen LogP contribution in [0, 0.1) is 5.92 Å². The van der Waals surface area contributed by atoms with Gasteiger partial charge in [0.25, 0.3) is 0 Å². The fourth-order valence-corrected chi connectivity index (χ4v) is 2.58. The average Bonchev–Trinajstić information content (AvgIpc) is 2.75. The van der Waals surface area contributed by atoms with E-state index in [0.717, 1.165) is 22.4 Å². The van der Waals surface area contributed by atoms with Gasteiger partial charge in [-0.25, -0.2) is 4.68 Å². The Labute approximate surface area is 113 Å². The number of aromatic nitrogens is 4. The van der Waals surface area contributed by atoms with Gasteiger partial charge >= 0.3 is 0 Å². The van der Waals surface area contributed by atoms with Crippen LogP contribution >= 0.6 is 15.9 Å². The molecule has 0 amide bonds. The van der Waals surface area contributed by atoms with Crippen LogP contribution in [0.25, 0.3) is 11.4 Å². The highest BCUT2D eigenvalue weighted by Crippen LogP contribution is 2.31. The van der Waals surface area contributed by atoms with E-state index < -0.39 is 0 Å². The molecule has 1 heterocycles. The van der Waals surface area contributed by atoms with Gasteiger partial charge in [0.15, 0.2) is 5.82 Å².